The van der Waals surface area contributed by atoms with Gasteiger partial charge in [0.25, 0.3) is 5.91 Å². The summed E-state index contributed by atoms with van der Waals surface area (Å²) < 4.78 is 41.2. The van der Waals surface area contributed by atoms with Gasteiger partial charge in [0.15, 0.2) is 0 Å². The molecule has 1 unspecified atom stereocenters. The van der Waals surface area contributed by atoms with Gasteiger partial charge in [-0.15, -0.1) is 0 Å². The number of aliphatic carboxylic acids is 1. The smallest absolute Gasteiger partial charge is 0.325 e. The van der Waals surface area contributed by atoms with Crippen molar-refractivity contribution in [2.24, 2.45) is 0 Å². The number of hydrogen-bond acceptors (Lipinski definition) is 4. The number of benzene rings is 3. The molecule has 0 radical (unpaired) electrons. The number of nitrogens with zero attached hydrogens (tertiary/aromatic N) is 1. The second-order valence-corrected chi connectivity index (χ2v) is 11.7. The SMILES string of the molecule is C[C@H](NC(=O)c1cc(F)cc(N(C2=C[NH+](C(c3ccc(Cl)cc3)c3ccc(Cl)cc3)[CH-]2)S(C)(=O)=O)c1)C(=O)O. The number of hydrogen-bond donors (Lipinski definition) is 3. The number of rotatable bonds is 9. The van der Waals surface area contributed by atoms with E-state index < -0.39 is 33.8 Å². The van der Waals surface area contributed by atoms with Crippen molar-refractivity contribution in [2.45, 2.75) is 19.0 Å². The lowest BCUT2D eigenvalue weighted by molar-refractivity contribution is -0.856. The number of carbonyl (C=O) groups excluding carboxylic acids is 1. The van der Waals surface area contributed by atoms with E-state index >= 15 is 0 Å². The van der Waals surface area contributed by atoms with Gasteiger partial charge in [0, 0.05) is 26.7 Å². The van der Waals surface area contributed by atoms with Gasteiger partial charge >= 0.3 is 5.97 Å². The fraction of sp³-hybridized carbons (Fsp3) is 0.148. The van der Waals surface area contributed by atoms with Crippen LogP contribution >= 0.6 is 23.2 Å². The standard InChI is InChI=1S/C27H24Cl2FN3O5S/c1-16(27(35)36)31-26(34)19-11-22(30)13-23(12-19)33(39(2,37)38)24-14-32(15-24)25(17-3-7-20(28)8-4-17)18-5-9-21(29)10-6-18/h3-16,25,32H,1-2H3,(H,31,34)(H,35,36)/t16-/m0/s1. The van der Waals surface area contributed by atoms with Gasteiger partial charge in [-0.2, -0.15) is 0 Å². The van der Waals surface area contributed by atoms with Crippen LogP contribution in [0, 0.1) is 12.4 Å². The van der Waals surface area contributed by atoms with Gasteiger partial charge in [-0.05, 0) is 67.8 Å². The molecule has 1 heterocycles. The predicted molar refractivity (Wildman–Crippen MR) is 146 cm³/mol. The van der Waals surface area contributed by atoms with E-state index in [0.29, 0.717) is 10.0 Å². The van der Waals surface area contributed by atoms with Gasteiger partial charge in [0.05, 0.1) is 11.9 Å². The van der Waals surface area contributed by atoms with Crippen molar-refractivity contribution in [3.8, 4) is 0 Å². The molecule has 3 aromatic rings. The van der Waals surface area contributed by atoms with E-state index in [4.69, 9.17) is 28.3 Å². The van der Waals surface area contributed by atoms with Gasteiger partial charge < -0.3 is 15.3 Å². The molecule has 12 heteroatoms. The zero-order chi connectivity index (χ0) is 28.5. The first kappa shape index (κ1) is 28.4. The van der Waals surface area contributed by atoms with Crippen LogP contribution in [0.2, 0.25) is 10.0 Å². The molecule has 1 aliphatic rings. The zero-order valence-corrected chi connectivity index (χ0v) is 23.1. The maximum atomic E-state index is 14.6. The van der Waals surface area contributed by atoms with Gasteiger partial charge in [0.1, 0.15) is 17.9 Å². The molecule has 0 aliphatic carbocycles. The summed E-state index contributed by atoms with van der Waals surface area (Å²) in [5, 5.41) is 12.4. The predicted octanol–water partition coefficient (Wildman–Crippen LogP) is 3.79. The van der Waals surface area contributed by atoms with Crippen molar-refractivity contribution in [1.82, 2.24) is 5.32 Å². The maximum absolute atomic E-state index is 14.6. The van der Waals surface area contributed by atoms with Crippen LogP contribution in [-0.2, 0) is 14.8 Å². The Bertz CT molecular complexity index is 1500. The fourth-order valence-corrected chi connectivity index (χ4v) is 5.43. The summed E-state index contributed by atoms with van der Waals surface area (Å²) in [6.07, 6.45) is 2.64. The Morgan fingerprint density at radius 1 is 1.00 bits per heavy atom. The van der Waals surface area contributed by atoms with Gasteiger partial charge in [0.2, 0.25) is 10.0 Å². The van der Waals surface area contributed by atoms with E-state index in [-0.39, 0.29) is 23.0 Å². The number of carboxylic acid groups (broad SMARTS) is 1. The molecule has 1 amide bonds. The summed E-state index contributed by atoms with van der Waals surface area (Å²) in [6.45, 7) is 2.93. The van der Waals surface area contributed by atoms with Crippen LogP contribution in [0.4, 0.5) is 10.1 Å². The molecular formula is C27H24Cl2FN3O5S. The van der Waals surface area contributed by atoms with Crippen LogP contribution < -0.4 is 14.5 Å². The Labute approximate surface area is 235 Å². The van der Waals surface area contributed by atoms with E-state index in [2.05, 4.69) is 5.32 Å². The number of carboxylic acids is 1. The molecule has 0 bridgehead atoms. The first-order chi connectivity index (χ1) is 18.3. The molecule has 0 fully saturated rings. The minimum absolute atomic E-state index is 0.110. The Morgan fingerprint density at radius 2 is 1.51 bits per heavy atom. The van der Waals surface area contributed by atoms with Crippen LogP contribution in [0.15, 0.2) is 78.6 Å². The lowest BCUT2D eigenvalue weighted by atomic mass is 9.95. The van der Waals surface area contributed by atoms with Crippen molar-refractivity contribution in [1.29, 1.82) is 0 Å². The maximum Gasteiger partial charge on any atom is 0.325 e. The Morgan fingerprint density at radius 3 is 1.97 bits per heavy atom. The first-order valence-corrected chi connectivity index (χ1v) is 14.2. The van der Waals surface area contributed by atoms with Crippen LogP contribution in [0.1, 0.15) is 34.5 Å². The van der Waals surface area contributed by atoms with Crippen LogP contribution in [0.25, 0.3) is 0 Å². The summed E-state index contributed by atoms with van der Waals surface area (Å²) in [7, 11) is -3.97. The Balaban J connectivity index is 1.70. The molecule has 0 saturated heterocycles. The average Bonchev–Trinajstić information content (AvgIpc) is 2.83. The largest absolute Gasteiger partial charge is 0.480 e. The molecule has 0 saturated carbocycles. The Hall–Kier alpha value is -3.57. The van der Waals surface area contributed by atoms with E-state index in [9.17, 15) is 22.4 Å². The molecule has 2 atom stereocenters. The molecular weight excluding hydrogens is 568 g/mol. The highest BCUT2D eigenvalue weighted by Gasteiger charge is 2.32. The number of amides is 1. The van der Waals surface area contributed by atoms with Crippen LogP contribution in [0.5, 0.6) is 0 Å². The molecule has 1 aliphatic heterocycles. The highest BCUT2D eigenvalue weighted by atomic mass is 35.5. The van der Waals surface area contributed by atoms with E-state index in [1.54, 1.807) is 37.0 Å². The zero-order valence-electron chi connectivity index (χ0n) is 20.7. The fourth-order valence-electron chi connectivity index (χ4n) is 4.20. The lowest BCUT2D eigenvalue weighted by Crippen LogP contribution is -3.10. The third kappa shape index (κ3) is 6.54. The molecule has 4 rings (SSSR count). The molecule has 3 aromatic carbocycles. The summed E-state index contributed by atoms with van der Waals surface area (Å²) in [5.41, 5.74) is 1.74. The molecule has 0 aromatic heterocycles. The number of sulfonamides is 1. The summed E-state index contributed by atoms with van der Waals surface area (Å²) >= 11 is 12.2. The average molecular weight is 592 g/mol. The quantitative estimate of drug-likeness (QED) is 0.328. The number of carbonyl (C=O) groups is 2. The summed E-state index contributed by atoms with van der Waals surface area (Å²) in [4.78, 5) is 24.4. The summed E-state index contributed by atoms with van der Waals surface area (Å²) in [5.74, 6) is -2.99. The molecule has 0 spiro atoms. The van der Waals surface area contributed by atoms with Gasteiger partial charge in [-0.25, -0.2) is 12.8 Å². The normalized spacial score (nSPS) is 15.5. The van der Waals surface area contributed by atoms with Crippen molar-refractivity contribution in [3.05, 3.63) is 118 Å². The summed E-state index contributed by atoms with van der Waals surface area (Å²) in [6, 6.07) is 16.1. The number of anilines is 1. The minimum Gasteiger partial charge on any atom is -0.480 e. The van der Waals surface area contributed by atoms with Crippen molar-refractivity contribution >= 4 is 50.8 Å². The second kappa shape index (κ2) is 11.3. The first-order valence-electron chi connectivity index (χ1n) is 11.6. The molecule has 3 N–H and O–H groups in total. The van der Waals surface area contributed by atoms with Crippen molar-refractivity contribution in [3.63, 3.8) is 0 Å². The van der Waals surface area contributed by atoms with E-state index in [0.717, 1.165) is 38.7 Å². The van der Waals surface area contributed by atoms with Crippen LogP contribution in [-0.4, -0.2) is 37.7 Å². The third-order valence-corrected chi connectivity index (χ3v) is 7.62. The lowest BCUT2D eigenvalue weighted by Gasteiger charge is -2.45. The Kier molecular flexibility index (Phi) is 8.22. The van der Waals surface area contributed by atoms with E-state index in [1.807, 2.05) is 24.3 Å². The highest BCUT2D eigenvalue weighted by Crippen LogP contribution is 2.30. The molecule has 39 heavy (non-hydrogen) atoms. The van der Waals surface area contributed by atoms with Crippen LogP contribution in [0.3, 0.4) is 0 Å². The number of halogens is 3. The minimum atomic E-state index is -3.97. The third-order valence-electron chi connectivity index (χ3n) is 6.03. The molecule has 8 nitrogen and oxygen atoms in total. The van der Waals surface area contributed by atoms with Gasteiger partial charge in [-0.1, -0.05) is 47.5 Å². The second-order valence-electron chi connectivity index (χ2n) is 9.01. The van der Waals surface area contributed by atoms with Crippen molar-refractivity contribution in [2.75, 3.05) is 10.6 Å². The van der Waals surface area contributed by atoms with E-state index in [1.165, 1.54) is 13.0 Å². The molecule has 204 valence electrons. The monoisotopic (exact) mass is 591 g/mol. The topological polar surface area (TPSA) is 108 Å². The number of quaternary nitrogens is 1. The van der Waals surface area contributed by atoms with Gasteiger partial charge in [-0.3, -0.25) is 13.9 Å². The number of nitrogens with one attached hydrogen (secondary N) is 2. The van der Waals surface area contributed by atoms with Crippen molar-refractivity contribution < 1.29 is 32.4 Å². The highest BCUT2D eigenvalue weighted by molar-refractivity contribution is 7.92.